The van der Waals surface area contributed by atoms with E-state index in [4.69, 9.17) is 11.6 Å². The van der Waals surface area contributed by atoms with Crippen molar-refractivity contribution < 1.29 is 4.39 Å². The Morgan fingerprint density at radius 3 is 2.47 bits per heavy atom. The molecule has 2 aromatic rings. The van der Waals surface area contributed by atoms with Gasteiger partial charge in [-0.2, -0.15) is 0 Å². The lowest BCUT2D eigenvalue weighted by Gasteiger charge is -2.15. The first-order chi connectivity index (χ1) is 8.15. The highest BCUT2D eigenvalue weighted by molar-refractivity contribution is 6.30. The number of hydrogen-bond acceptors (Lipinski definition) is 1. The van der Waals surface area contributed by atoms with E-state index < -0.39 is 0 Å². The molecule has 0 fully saturated rings. The van der Waals surface area contributed by atoms with Crippen molar-refractivity contribution in [3.8, 4) is 0 Å². The molecule has 88 valence electrons. The molecule has 0 bridgehead atoms. The lowest BCUT2D eigenvalue weighted by atomic mass is 10.1. The van der Waals surface area contributed by atoms with Gasteiger partial charge in [-0.05, 0) is 42.8 Å². The van der Waals surface area contributed by atoms with Crippen LogP contribution in [0.3, 0.4) is 0 Å². The van der Waals surface area contributed by atoms with E-state index in [0.29, 0.717) is 5.02 Å². The van der Waals surface area contributed by atoms with Crippen LogP contribution in [0, 0.1) is 5.82 Å². The summed E-state index contributed by atoms with van der Waals surface area (Å²) in [5.41, 5.74) is 1.99. The van der Waals surface area contributed by atoms with Crippen molar-refractivity contribution in [1.82, 2.24) is 0 Å². The lowest BCUT2D eigenvalue weighted by Crippen LogP contribution is -2.06. The summed E-state index contributed by atoms with van der Waals surface area (Å²) >= 11 is 5.91. The van der Waals surface area contributed by atoms with E-state index >= 15 is 0 Å². The third-order valence-electron chi connectivity index (χ3n) is 2.58. The molecule has 0 saturated carbocycles. The zero-order valence-corrected chi connectivity index (χ0v) is 10.2. The van der Waals surface area contributed by atoms with E-state index in [2.05, 4.69) is 5.32 Å². The minimum atomic E-state index is -0.219. The van der Waals surface area contributed by atoms with Gasteiger partial charge in [0.1, 0.15) is 5.82 Å². The first-order valence-corrected chi connectivity index (χ1v) is 5.80. The largest absolute Gasteiger partial charge is 0.378 e. The molecule has 0 aliphatic carbocycles. The predicted molar refractivity (Wildman–Crippen MR) is 69.9 cm³/mol. The summed E-state index contributed by atoms with van der Waals surface area (Å²) < 4.78 is 12.8. The highest BCUT2D eigenvalue weighted by atomic mass is 35.5. The van der Waals surface area contributed by atoms with Gasteiger partial charge in [0.15, 0.2) is 0 Å². The van der Waals surface area contributed by atoms with Crippen molar-refractivity contribution in [3.63, 3.8) is 0 Å². The van der Waals surface area contributed by atoms with Gasteiger partial charge in [0.2, 0.25) is 0 Å². The van der Waals surface area contributed by atoms with Crippen LogP contribution in [0.4, 0.5) is 10.1 Å². The zero-order valence-electron chi connectivity index (χ0n) is 9.45. The molecule has 0 spiro atoms. The summed E-state index contributed by atoms with van der Waals surface area (Å²) in [4.78, 5) is 0. The number of halogens is 2. The fourth-order valence-corrected chi connectivity index (χ4v) is 1.85. The molecular weight excluding hydrogens is 237 g/mol. The highest BCUT2D eigenvalue weighted by Gasteiger charge is 2.05. The number of hydrogen-bond donors (Lipinski definition) is 1. The fourth-order valence-electron chi connectivity index (χ4n) is 1.66. The SMILES string of the molecule is CC(Nc1cccc(Cl)c1)c1ccc(F)cc1. The molecule has 1 atom stereocenters. The second-order valence-corrected chi connectivity index (χ2v) is 4.36. The fraction of sp³-hybridized carbons (Fsp3) is 0.143. The van der Waals surface area contributed by atoms with Gasteiger partial charge in [0.25, 0.3) is 0 Å². The monoisotopic (exact) mass is 249 g/mol. The van der Waals surface area contributed by atoms with E-state index in [-0.39, 0.29) is 11.9 Å². The van der Waals surface area contributed by atoms with E-state index in [1.165, 1.54) is 12.1 Å². The van der Waals surface area contributed by atoms with E-state index in [9.17, 15) is 4.39 Å². The van der Waals surface area contributed by atoms with Crippen molar-refractivity contribution in [2.45, 2.75) is 13.0 Å². The molecule has 0 heterocycles. The van der Waals surface area contributed by atoms with Gasteiger partial charge in [-0.15, -0.1) is 0 Å². The maximum absolute atomic E-state index is 12.8. The van der Waals surface area contributed by atoms with Crippen LogP contribution in [0.2, 0.25) is 5.02 Å². The van der Waals surface area contributed by atoms with Crippen molar-refractivity contribution >= 4 is 17.3 Å². The van der Waals surface area contributed by atoms with Gasteiger partial charge < -0.3 is 5.32 Å². The molecule has 0 aliphatic rings. The third kappa shape index (κ3) is 3.21. The van der Waals surface area contributed by atoms with E-state index in [1.807, 2.05) is 31.2 Å². The van der Waals surface area contributed by atoms with Crippen LogP contribution in [-0.2, 0) is 0 Å². The van der Waals surface area contributed by atoms with Crippen LogP contribution < -0.4 is 5.32 Å². The number of nitrogens with one attached hydrogen (secondary N) is 1. The number of anilines is 1. The standard InChI is InChI=1S/C14H13ClFN/c1-10(11-5-7-13(16)8-6-11)17-14-4-2-3-12(15)9-14/h2-10,17H,1H3. The molecule has 17 heavy (non-hydrogen) atoms. The molecule has 0 aliphatic heterocycles. The third-order valence-corrected chi connectivity index (χ3v) is 2.81. The molecule has 0 saturated heterocycles. The second-order valence-electron chi connectivity index (χ2n) is 3.93. The minimum Gasteiger partial charge on any atom is -0.378 e. The molecule has 0 aromatic heterocycles. The van der Waals surface area contributed by atoms with Crippen LogP contribution in [0.5, 0.6) is 0 Å². The molecule has 1 unspecified atom stereocenters. The van der Waals surface area contributed by atoms with Gasteiger partial charge in [-0.1, -0.05) is 29.8 Å². The van der Waals surface area contributed by atoms with Crippen LogP contribution in [0.25, 0.3) is 0 Å². The topological polar surface area (TPSA) is 12.0 Å². The Morgan fingerprint density at radius 2 is 1.82 bits per heavy atom. The van der Waals surface area contributed by atoms with E-state index in [0.717, 1.165) is 11.3 Å². The van der Waals surface area contributed by atoms with Crippen LogP contribution in [-0.4, -0.2) is 0 Å². The molecule has 2 aromatic carbocycles. The summed E-state index contributed by atoms with van der Waals surface area (Å²) in [7, 11) is 0. The summed E-state index contributed by atoms with van der Waals surface area (Å²) in [5.74, 6) is -0.219. The van der Waals surface area contributed by atoms with Gasteiger partial charge in [0.05, 0.1) is 0 Å². The second kappa shape index (κ2) is 5.19. The Morgan fingerprint density at radius 1 is 1.12 bits per heavy atom. The molecule has 0 radical (unpaired) electrons. The summed E-state index contributed by atoms with van der Waals surface area (Å²) in [6.07, 6.45) is 0. The van der Waals surface area contributed by atoms with Gasteiger partial charge in [-0.3, -0.25) is 0 Å². The average Bonchev–Trinajstić information content (AvgIpc) is 2.29. The van der Waals surface area contributed by atoms with Crippen LogP contribution in [0.15, 0.2) is 48.5 Å². The normalized spacial score (nSPS) is 12.2. The molecule has 0 amide bonds. The molecule has 2 rings (SSSR count). The summed E-state index contributed by atoms with van der Waals surface area (Å²) in [5, 5.41) is 4.01. The minimum absolute atomic E-state index is 0.106. The Bertz CT molecular complexity index is 496. The summed E-state index contributed by atoms with van der Waals surface area (Å²) in [6, 6.07) is 14.1. The van der Waals surface area contributed by atoms with Crippen molar-refractivity contribution in [3.05, 3.63) is 64.9 Å². The maximum atomic E-state index is 12.8. The Hall–Kier alpha value is -1.54. The van der Waals surface area contributed by atoms with Crippen molar-refractivity contribution in [2.75, 3.05) is 5.32 Å². The Kier molecular flexibility index (Phi) is 3.64. The molecule has 1 nitrogen and oxygen atoms in total. The molecule has 1 N–H and O–H groups in total. The van der Waals surface area contributed by atoms with Gasteiger partial charge >= 0.3 is 0 Å². The first kappa shape index (κ1) is 11.9. The van der Waals surface area contributed by atoms with Crippen LogP contribution >= 0.6 is 11.6 Å². The summed E-state index contributed by atoms with van der Waals surface area (Å²) in [6.45, 7) is 2.02. The highest BCUT2D eigenvalue weighted by Crippen LogP contribution is 2.21. The maximum Gasteiger partial charge on any atom is 0.123 e. The van der Waals surface area contributed by atoms with Gasteiger partial charge in [0, 0.05) is 16.8 Å². The number of rotatable bonds is 3. The average molecular weight is 250 g/mol. The Balaban J connectivity index is 2.11. The first-order valence-electron chi connectivity index (χ1n) is 5.43. The lowest BCUT2D eigenvalue weighted by molar-refractivity contribution is 0.626. The number of benzene rings is 2. The van der Waals surface area contributed by atoms with Crippen molar-refractivity contribution in [1.29, 1.82) is 0 Å². The smallest absolute Gasteiger partial charge is 0.123 e. The molecule has 3 heteroatoms. The van der Waals surface area contributed by atoms with Gasteiger partial charge in [-0.25, -0.2) is 4.39 Å². The zero-order chi connectivity index (χ0) is 12.3. The Labute approximate surface area is 105 Å². The molecular formula is C14H13ClFN. The van der Waals surface area contributed by atoms with E-state index in [1.54, 1.807) is 12.1 Å². The van der Waals surface area contributed by atoms with Crippen molar-refractivity contribution in [2.24, 2.45) is 0 Å². The predicted octanol–water partition coefficient (Wildman–Crippen LogP) is 4.65. The van der Waals surface area contributed by atoms with Crippen LogP contribution in [0.1, 0.15) is 18.5 Å². The quantitative estimate of drug-likeness (QED) is 0.835.